The van der Waals surface area contributed by atoms with Crippen molar-refractivity contribution in [3.8, 4) is 11.1 Å². The minimum atomic E-state index is 0.475. The maximum Gasteiger partial charge on any atom is 0.134 e. The monoisotopic (exact) mass is 212 g/mol. The number of benzene rings is 1. The van der Waals surface area contributed by atoms with Gasteiger partial charge in [0.25, 0.3) is 0 Å². The van der Waals surface area contributed by atoms with E-state index in [-0.39, 0.29) is 0 Å². The number of rotatable bonds is 1. The van der Waals surface area contributed by atoms with Gasteiger partial charge in [0.1, 0.15) is 18.4 Å². The van der Waals surface area contributed by atoms with E-state index in [0.717, 1.165) is 22.0 Å². The number of fused-ring (bicyclic) bond motifs is 1. The van der Waals surface area contributed by atoms with Gasteiger partial charge in [-0.3, -0.25) is 0 Å². The minimum Gasteiger partial charge on any atom is -0.383 e. The highest BCUT2D eigenvalue weighted by Gasteiger charge is 2.04. The summed E-state index contributed by atoms with van der Waals surface area (Å²) in [5.74, 6) is 0.475. The van der Waals surface area contributed by atoms with Crippen LogP contribution >= 0.6 is 0 Å². The van der Waals surface area contributed by atoms with E-state index < -0.39 is 0 Å². The molecule has 3 rings (SSSR count). The quantitative estimate of drug-likeness (QED) is 0.666. The Bertz CT molecular complexity index is 634. The molecule has 0 unspecified atom stereocenters. The van der Waals surface area contributed by atoms with Crippen molar-refractivity contribution in [3.05, 3.63) is 37.0 Å². The lowest BCUT2D eigenvalue weighted by atomic mass is 10.1. The van der Waals surface area contributed by atoms with Gasteiger partial charge in [0.2, 0.25) is 0 Å². The number of hydrogen-bond acceptors (Lipinski definition) is 5. The van der Waals surface area contributed by atoms with Crippen molar-refractivity contribution in [2.24, 2.45) is 0 Å². The Balaban J connectivity index is 2.27. The third-order valence-electron chi connectivity index (χ3n) is 2.43. The van der Waals surface area contributed by atoms with Crippen LogP contribution < -0.4 is 5.73 Å². The van der Waals surface area contributed by atoms with Crippen LogP contribution in [0.15, 0.2) is 41.5 Å². The largest absolute Gasteiger partial charge is 0.383 e. The molecule has 78 valence electrons. The first-order valence-electron chi connectivity index (χ1n) is 4.74. The van der Waals surface area contributed by atoms with Crippen LogP contribution in [0.4, 0.5) is 5.82 Å². The molecule has 0 saturated heterocycles. The molecule has 0 bridgehead atoms. The van der Waals surface area contributed by atoms with E-state index in [1.807, 2.05) is 18.2 Å². The average molecular weight is 212 g/mol. The van der Waals surface area contributed by atoms with Gasteiger partial charge in [0.05, 0.1) is 11.7 Å². The fourth-order valence-electron chi connectivity index (χ4n) is 1.60. The third kappa shape index (κ3) is 1.30. The van der Waals surface area contributed by atoms with Gasteiger partial charge < -0.3 is 10.3 Å². The number of aromatic nitrogens is 3. The standard InChI is InChI=1S/C11H8N4O/c12-11-9-3-7(8-4-15-16-5-8)1-2-10(9)13-6-14-11/h1-6H,(H2,12,13,14). The van der Waals surface area contributed by atoms with E-state index in [4.69, 9.17) is 10.3 Å². The minimum absolute atomic E-state index is 0.475. The molecule has 16 heavy (non-hydrogen) atoms. The fourth-order valence-corrected chi connectivity index (χ4v) is 1.60. The summed E-state index contributed by atoms with van der Waals surface area (Å²) >= 11 is 0. The zero-order chi connectivity index (χ0) is 11.0. The van der Waals surface area contributed by atoms with Crippen LogP contribution in [0.2, 0.25) is 0 Å². The molecule has 5 nitrogen and oxygen atoms in total. The first-order valence-corrected chi connectivity index (χ1v) is 4.74. The van der Waals surface area contributed by atoms with E-state index in [9.17, 15) is 0 Å². The number of nitrogens with two attached hydrogens (primary N) is 1. The summed E-state index contributed by atoms with van der Waals surface area (Å²) in [6.45, 7) is 0. The maximum atomic E-state index is 5.79. The lowest BCUT2D eigenvalue weighted by Crippen LogP contribution is -1.93. The summed E-state index contributed by atoms with van der Waals surface area (Å²) < 4.78 is 4.80. The highest BCUT2D eigenvalue weighted by molar-refractivity contribution is 5.91. The Morgan fingerprint density at radius 2 is 2.06 bits per heavy atom. The Hall–Kier alpha value is -2.43. The Morgan fingerprint density at radius 1 is 1.12 bits per heavy atom. The molecule has 2 heterocycles. The smallest absolute Gasteiger partial charge is 0.134 e. The van der Waals surface area contributed by atoms with Crippen LogP contribution in [0, 0.1) is 0 Å². The van der Waals surface area contributed by atoms with Crippen molar-refractivity contribution < 1.29 is 4.52 Å². The SMILES string of the molecule is Nc1ncnc2ccc(-c3cnoc3)cc12. The van der Waals surface area contributed by atoms with Crippen molar-refractivity contribution in [2.75, 3.05) is 5.73 Å². The number of hydrogen-bond donors (Lipinski definition) is 1. The summed E-state index contributed by atoms with van der Waals surface area (Å²) in [5, 5.41) is 4.50. The van der Waals surface area contributed by atoms with E-state index in [2.05, 4.69) is 15.1 Å². The number of anilines is 1. The second-order valence-corrected chi connectivity index (χ2v) is 3.40. The van der Waals surface area contributed by atoms with Crippen molar-refractivity contribution in [3.63, 3.8) is 0 Å². The molecule has 2 aromatic heterocycles. The highest BCUT2D eigenvalue weighted by Crippen LogP contribution is 2.25. The van der Waals surface area contributed by atoms with Crippen LogP contribution in [0.1, 0.15) is 0 Å². The molecular weight excluding hydrogens is 204 g/mol. The molecule has 0 atom stereocenters. The first-order chi connectivity index (χ1) is 7.84. The average Bonchev–Trinajstić information content (AvgIpc) is 2.83. The van der Waals surface area contributed by atoms with Crippen molar-refractivity contribution >= 4 is 16.7 Å². The zero-order valence-corrected chi connectivity index (χ0v) is 8.29. The molecule has 0 aliphatic rings. The number of nitrogen functional groups attached to an aromatic ring is 1. The molecule has 0 aliphatic carbocycles. The molecule has 0 spiro atoms. The second kappa shape index (κ2) is 3.30. The topological polar surface area (TPSA) is 77.8 Å². The van der Waals surface area contributed by atoms with Crippen LogP contribution in [0.3, 0.4) is 0 Å². The molecule has 5 heteroatoms. The maximum absolute atomic E-state index is 5.79. The molecule has 0 fully saturated rings. The van der Waals surface area contributed by atoms with Crippen LogP contribution in [-0.2, 0) is 0 Å². The van der Waals surface area contributed by atoms with Gasteiger partial charge in [-0.2, -0.15) is 0 Å². The molecular formula is C11H8N4O. The Morgan fingerprint density at radius 3 is 2.88 bits per heavy atom. The normalized spacial score (nSPS) is 10.8. The van der Waals surface area contributed by atoms with Crippen LogP contribution in [0.5, 0.6) is 0 Å². The van der Waals surface area contributed by atoms with E-state index >= 15 is 0 Å². The summed E-state index contributed by atoms with van der Waals surface area (Å²) in [7, 11) is 0. The lowest BCUT2D eigenvalue weighted by molar-refractivity contribution is 0.420. The van der Waals surface area contributed by atoms with Gasteiger partial charge in [-0.1, -0.05) is 11.2 Å². The molecule has 2 N–H and O–H groups in total. The second-order valence-electron chi connectivity index (χ2n) is 3.40. The summed E-state index contributed by atoms with van der Waals surface area (Å²) in [5.41, 5.74) is 8.50. The predicted octanol–water partition coefficient (Wildman–Crippen LogP) is 1.87. The van der Waals surface area contributed by atoms with E-state index in [0.29, 0.717) is 5.82 Å². The van der Waals surface area contributed by atoms with Crippen molar-refractivity contribution in [1.82, 2.24) is 15.1 Å². The highest BCUT2D eigenvalue weighted by atomic mass is 16.5. The summed E-state index contributed by atoms with van der Waals surface area (Å²) in [6, 6.07) is 5.77. The van der Waals surface area contributed by atoms with Crippen molar-refractivity contribution in [1.29, 1.82) is 0 Å². The van der Waals surface area contributed by atoms with Crippen molar-refractivity contribution in [2.45, 2.75) is 0 Å². The number of nitrogens with zero attached hydrogens (tertiary/aromatic N) is 3. The van der Waals surface area contributed by atoms with Gasteiger partial charge in [0, 0.05) is 10.9 Å². The van der Waals surface area contributed by atoms with E-state index in [1.54, 1.807) is 12.5 Å². The zero-order valence-electron chi connectivity index (χ0n) is 8.29. The lowest BCUT2D eigenvalue weighted by Gasteiger charge is -2.02. The molecule has 0 radical (unpaired) electrons. The summed E-state index contributed by atoms with van der Waals surface area (Å²) in [6.07, 6.45) is 4.69. The molecule has 0 amide bonds. The Labute approximate surface area is 90.9 Å². The molecule has 1 aromatic carbocycles. The summed E-state index contributed by atoms with van der Waals surface area (Å²) in [4.78, 5) is 8.09. The third-order valence-corrected chi connectivity index (χ3v) is 2.43. The van der Waals surface area contributed by atoms with Gasteiger partial charge in [0.15, 0.2) is 0 Å². The van der Waals surface area contributed by atoms with Gasteiger partial charge in [-0.15, -0.1) is 0 Å². The van der Waals surface area contributed by atoms with Gasteiger partial charge >= 0.3 is 0 Å². The van der Waals surface area contributed by atoms with Crippen LogP contribution in [0.25, 0.3) is 22.0 Å². The van der Waals surface area contributed by atoms with E-state index in [1.165, 1.54) is 6.33 Å². The van der Waals surface area contributed by atoms with Crippen LogP contribution in [-0.4, -0.2) is 15.1 Å². The van der Waals surface area contributed by atoms with Gasteiger partial charge in [-0.25, -0.2) is 9.97 Å². The Kier molecular flexibility index (Phi) is 1.83. The first kappa shape index (κ1) is 8.84. The molecule has 0 saturated carbocycles. The fraction of sp³-hybridized carbons (Fsp3) is 0. The molecule has 3 aromatic rings. The molecule has 0 aliphatic heterocycles. The van der Waals surface area contributed by atoms with Gasteiger partial charge in [-0.05, 0) is 17.7 Å². The predicted molar refractivity (Wildman–Crippen MR) is 59.4 cm³/mol.